The van der Waals surface area contributed by atoms with Crippen LogP contribution in [0.1, 0.15) is 36.1 Å². The van der Waals surface area contributed by atoms with Gasteiger partial charge >= 0.3 is 0 Å². The quantitative estimate of drug-likeness (QED) is 0.847. The third-order valence-corrected chi connectivity index (χ3v) is 3.61. The lowest BCUT2D eigenvalue weighted by Gasteiger charge is -2.36. The van der Waals surface area contributed by atoms with E-state index in [1.807, 2.05) is 6.92 Å². The van der Waals surface area contributed by atoms with Gasteiger partial charge in [0.2, 0.25) is 0 Å². The Morgan fingerprint density at radius 2 is 2.12 bits per heavy atom. The van der Waals surface area contributed by atoms with Gasteiger partial charge in [-0.2, -0.15) is 0 Å². The molecule has 0 atom stereocenters. The number of anilines is 1. The van der Waals surface area contributed by atoms with Crippen molar-refractivity contribution < 1.29 is 0 Å². The van der Waals surface area contributed by atoms with Crippen LogP contribution in [-0.2, 0) is 6.54 Å². The highest BCUT2D eigenvalue weighted by Crippen LogP contribution is 2.30. The van der Waals surface area contributed by atoms with Gasteiger partial charge in [-0.25, -0.2) is 4.98 Å². The fraction of sp³-hybridized carbons (Fsp3) is 0.615. The summed E-state index contributed by atoms with van der Waals surface area (Å²) in [5.41, 5.74) is 9.37. The Morgan fingerprint density at radius 1 is 1.44 bits per heavy atom. The average molecular weight is 219 g/mol. The summed E-state index contributed by atoms with van der Waals surface area (Å²) in [6, 6.07) is 2.78. The van der Waals surface area contributed by atoms with Gasteiger partial charge in [0.25, 0.3) is 0 Å². The summed E-state index contributed by atoms with van der Waals surface area (Å²) in [7, 11) is 2.14. The summed E-state index contributed by atoms with van der Waals surface area (Å²) < 4.78 is 0. The van der Waals surface area contributed by atoms with Crippen LogP contribution in [0.5, 0.6) is 0 Å². The first-order valence-electron chi connectivity index (χ1n) is 6.03. The number of hydrogen-bond donors (Lipinski definition) is 1. The highest BCUT2D eigenvalue weighted by Gasteiger charge is 2.24. The first-order chi connectivity index (χ1) is 7.63. The fourth-order valence-corrected chi connectivity index (χ4v) is 2.33. The van der Waals surface area contributed by atoms with Crippen LogP contribution in [0.15, 0.2) is 6.07 Å². The minimum Gasteiger partial charge on any atom is -0.356 e. The predicted molar refractivity (Wildman–Crippen MR) is 67.6 cm³/mol. The molecule has 0 amide bonds. The molecule has 1 fully saturated rings. The molecular weight excluding hydrogens is 198 g/mol. The van der Waals surface area contributed by atoms with Crippen molar-refractivity contribution in [3.05, 3.63) is 22.9 Å². The second-order valence-electron chi connectivity index (χ2n) is 4.78. The second-order valence-corrected chi connectivity index (χ2v) is 4.78. The van der Waals surface area contributed by atoms with Gasteiger partial charge < -0.3 is 10.6 Å². The SMILES string of the molecule is Cc1cc(C)c(CN)c(N(C)C2CCC2)n1. The van der Waals surface area contributed by atoms with Gasteiger partial charge in [0.1, 0.15) is 5.82 Å². The molecule has 0 spiro atoms. The van der Waals surface area contributed by atoms with Crippen molar-refractivity contribution in [2.24, 2.45) is 5.73 Å². The maximum Gasteiger partial charge on any atom is 0.133 e. The van der Waals surface area contributed by atoms with E-state index in [-0.39, 0.29) is 0 Å². The van der Waals surface area contributed by atoms with E-state index in [2.05, 4.69) is 29.9 Å². The van der Waals surface area contributed by atoms with Crippen molar-refractivity contribution in [1.82, 2.24) is 4.98 Å². The number of rotatable bonds is 3. The monoisotopic (exact) mass is 219 g/mol. The molecule has 3 heteroatoms. The molecule has 0 radical (unpaired) electrons. The Balaban J connectivity index is 2.36. The van der Waals surface area contributed by atoms with E-state index in [9.17, 15) is 0 Å². The van der Waals surface area contributed by atoms with Gasteiger partial charge in [0.05, 0.1) is 0 Å². The molecule has 0 unspecified atom stereocenters. The molecule has 0 aliphatic heterocycles. The Morgan fingerprint density at radius 3 is 2.62 bits per heavy atom. The van der Waals surface area contributed by atoms with Gasteiger partial charge in [-0.15, -0.1) is 0 Å². The van der Waals surface area contributed by atoms with E-state index < -0.39 is 0 Å². The summed E-state index contributed by atoms with van der Waals surface area (Å²) >= 11 is 0. The van der Waals surface area contributed by atoms with E-state index in [0.29, 0.717) is 12.6 Å². The van der Waals surface area contributed by atoms with Crippen molar-refractivity contribution in [2.45, 2.75) is 45.7 Å². The molecule has 1 aliphatic carbocycles. The van der Waals surface area contributed by atoms with Crippen LogP contribution < -0.4 is 10.6 Å². The summed E-state index contributed by atoms with van der Waals surface area (Å²) in [5.74, 6) is 1.09. The van der Waals surface area contributed by atoms with Crippen molar-refractivity contribution in [1.29, 1.82) is 0 Å². The number of pyridine rings is 1. The van der Waals surface area contributed by atoms with Crippen LogP contribution in [0.25, 0.3) is 0 Å². The summed E-state index contributed by atoms with van der Waals surface area (Å²) in [5, 5.41) is 0. The van der Waals surface area contributed by atoms with Crippen LogP contribution in [0.3, 0.4) is 0 Å². The van der Waals surface area contributed by atoms with E-state index in [4.69, 9.17) is 5.73 Å². The summed E-state index contributed by atoms with van der Waals surface area (Å²) in [6.07, 6.45) is 3.92. The topological polar surface area (TPSA) is 42.1 Å². The average Bonchev–Trinajstić information content (AvgIpc) is 2.13. The zero-order chi connectivity index (χ0) is 11.7. The zero-order valence-corrected chi connectivity index (χ0v) is 10.5. The van der Waals surface area contributed by atoms with E-state index >= 15 is 0 Å². The normalized spacial score (nSPS) is 16.0. The largest absolute Gasteiger partial charge is 0.356 e. The molecular formula is C13H21N3. The van der Waals surface area contributed by atoms with Crippen LogP contribution in [0.4, 0.5) is 5.82 Å². The lowest BCUT2D eigenvalue weighted by Crippen LogP contribution is -2.38. The third kappa shape index (κ3) is 1.92. The number of nitrogens with two attached hydrogens (primary N) is 1. The standard InChI is InChI=1S/C13H21N3/c1-9-7-10(2)15-13(12(9)8-14)16(3)11-5-4-6-11/h7,11H,4-6,8,14H2,1-3H3. The van der Waals surface area contributed by atoms with Gasteiger partial charge in [-0.3, -0.25) is 0 Å². The minimum absolute atomic E-state index is 0.575. The molecule has 16 heavy (non-hydrogen) atoms. The maximum atomic E-state index is 5.83. The first-order valence-corrected chi connectivity index (χ1v) is 6.03. The Bertz CT molecular complexity index is 383. The fourth-order valence-electron chi connectivity index (χ4n) is 2.33. The van der Waals surface area contributed by atoms with E-state index in [0.717, 1.165) is 11.5 Å². The lowest BCUT2D eigenvalue weighted by molar-refractivity contribution is 0.398. The molecule has 0 bridgehead atoms. The van der Waals surface area contributed by atoms with Crippen molar-refractivity contribution in [2.75, 3.05) is 11.9 Å². The molecule has 2 rings (SSSR count). The molecule has 0 saturated heterocycles. The van der Waals surface area contributed by atoms with Gasteiger partial charge in [-0.05, 0) is 44.7 Å². The number of nitrogens with zero attached hydrogens (tertiary/aromatic N) is 2. The Hall–Kier alpha value is -1.09. The van der Waals surface area contributed by atoms with Crippen molar-refractivity contribution >= 4 is 5.82 Å². The summed E-state index contributed by atoms with van der Waals surface area (Å²) in [6.45, 7) is 4.74. The van der Waals surface area contributed by atoms with Crippen molar-refractivity contribution in [3.8, 4) is 0 Å². The zero-order valence-electron chi connectivity index (χ0n) is 10.5. The molecule has 1 heterocycles. The summed E-state index contributed by atoms with van der Waals surface area (Å²) in [4.78, 5) is 6.96. The predicted octanol–water partition coefficient (Wildman–Crippen LogP) is 2.15. The van der Waals surface area contributed by atoms with Gasteiger partial charge in [-0.1, -0.05) is 0 Å². The van der Waals surface area contributed by atoms with Crippen molar-refractivity contribution in [3.63, 3.8) is 0 Å². The molecule has 2 N–H and O–H groups in total. The minimum atomic E-state index is 0.575. The molecule has 1 saturated carbocycles. The Kier molecular flexibility index (Phi) is 3.15. The van der Waals surface area contributed by atoms with Gasteiger partial charge in [0, 0.05) is 30.9 Å². The van der Waals surface area contributed by atoms with E-state index in [1.54, 1.807) is 0 Å². The van der Waals surface area contributed by atoms with Crippen LogP contribution in [0.2, 0.25) is 0 Å². The smallest absolute Gasteiger partial charge is 0.133 e. The van der Waals surface area contributed by atoms with Crippen LogP contribution in [-0.4, -0.2) is 18.1 Å². The van der Waals surface area contributed by atoms with Crippen LogP contribution in [0, 0.1) is 13.8 Å². The molecule has 3 nitrogen and oxygen atoms in total. The number of aromatic nitrogens is 1. The Labute approximate surface area is 97.7 Å². The molecule has 88 valence electrons. The second kappa shape index (κ2) is 4.42. The van der Waals surface area contributed by atoms with E-state index in [1.165, 1.54) is 30.4 Å². The number of hydrogen-bond acceptors (Lipinski definition) is 3. The third-order valence-electron chi connectivity index (χ3n) is 3.61. The maximum absolute atomic E-state index is 5.83. The first kappa shape index (κ1) is 11.4. The highest BCUT2D eigenvalue weighted by atomic mass is 15.2. The van der Waals surface area contributed by atoms with Gasteiger partial charge in [0.15, 0.2) is 0 Å². The lowest BCUT2D eigenvalue weighted by atomic mass is 9.91. The number of aryl methyl sites for hydroxylation is 2. The molecule has 1 aromatic heterocycles. The molecule has 1 aliphatic rings. The molecule has 1 aromatic rings. The van der Waals surface area contributed by atoms with Crippen LogP contribution >= 0.6 is 0 Å². The highest BCUT2D eigenvalue weighted by molar-refractivity contribution is 5.52. The molecule has 0 aromatic carbocycles.